The molecule has 70 valence electrons. The van der Waals surface area contributed by atoms with Gasteiger partial charge in [-0.1, -0.05) is 53.2 Å². The van der Waals surface area contributed by atoms with Crippen molar-refractivity contribution in [1.82, 2.24) is 0 Å². The van der Waals surface area contributed by atoms with Crippen LogP contribution in [-0.2, 0) is 0 Å². The van der Waals surface area contributed by atoms with Gasteiger partial charge >= 0.3 is 0 Å². The van der Waals surface area contributed by atoms with E-state index in [2.05, 4.69) is 35.0 Å². The van der Waals surface area contributed by atoms with Crippen molar-refractivity contribution in [1.29, 1.82) is 0 Å². The molecular formula is C11H13BrO. The van der Waals surface area contributed by atoms with Crippen LogP contribution in [0, 0.1) is 0 Å². The minimum absolute atomic E-state index is 0.0675. The molecule has 1 nitrogen and oxygen atoms in total. The molecule has 0 heterocycles. The van der Waals surface area contributed by atoms with Gasteiger partial charge in [-0.3, -0.25) is 0 Å². The fourth-order valence-electron chi connectivity index (χ4n) is 1.29. The lowest BCUT2D eigenvalue weighted by molar-refractivity contribution is 0.340. The summed E-state index contributed by atoms with van der Waals surface area (Å²) in [4.78, 5) is 0. The second-order valence-corrected chi connectivity index (χ2v) is 3.72. The number of halogens is 1. The van der Waals surface area contributed by atoms with E-state index in [0.717, 1.165) is 10.9 Å². The Morgan fingerprint density at radius 2 is 1.92 bits per heavy atom. The van der Waals surface area contributed by atoms with Crippen LogP contribution in [0.3, 0.4) is 0 Å². The summed E-state index contributed by atoms with van der Waals surface area (Å²) >= 11 is 3.37. The monoisotopic (exact) mass is 240 g/mol. The van der Waals surface area contributed by atoms with E-state index in [4.69, 9.17) is 5.11 Å². The second kappa shape index (κ2) is 5.20. The zero-order chi connectivity index (χ0) is 9.68. The molecule has 0 spiro atoms. The summed E-state index contributed by atoms with van der Waals surface area (Å²) in [5.41, 5.74) is 2.34. The average molecular weight is 241 g/mol. The molecule has 0 radical (unpaired) electrons. The molecule has 0 aliphatic carbocycles. The highest BCUT2D eigenvalue weighted by Crippen LogP contribution is 2.24. The van der Waals surface area contributed by atoms with Gasteiger partial charge in [0.15, 0.2) is 0 Å². The molecule has 0 saturated carbocycles. The van der Waals surface area contributed by atoms with E-state index in [9.17, 15) is 0 Å². The molecule has 0 aromatic heterocycles. The first kappa shape index (κ1) is 10.5. The van der Waals surface area contributed by atoms with Crippen LogP contribution in [0.4, 0.5) is 0 Å². The molecule has 2 heteroatoms. The highest BCUT2D eigenvalue weighted by molar-refractivity contribution is 9.11. The van der Waals surface area contributed by atoms with Crippen LogP contribution >= 0.6 is 15.9 Å². The highest BCUT2D eigenvalue weighted by Gasteiger charge is 2.03. The molecule has 1 aromatic carbocycles. The molecule has 1 N–H and O–H groups in total. The molecule has 1 aromatic rings. The van der Waals surface area contributed by atoms with Crippen molar-refractivity contribution in [3.63, 3.8) is 0 Å². The van der Waals surface area contributed by atoms with Gasteiger partial charge in [-0.05, 0) is 17.6 Å². The van der Waals surface area contributed by atoms with E-state index >= 15 is 0 Å². The Balaban J connectivity index is 3.05. The Labute approximate surface area is 87.2 Å². The molecule has 0 unspecified atom stereocenters. The summed E-state index contributed by atoms with van der Waals surface area (Å²) in [7, 11) is 0. The zero-order valence-corrected chi connectivity index (χ0v) is 9.21. The predicted molar refractivity (Wildman–Crippen MR) is 59.7 cm³/mol. The Kier molecular flexibility index (Phi) is 4.19. The van der Waals surface area contributed by atoms with E-state index in [-0.39, 0.29) is 6.61 Å². The number of rotatable bonds is 3. The first-order valence-electron chi connectivity index (χ1n) is 4.33. The van der Waals surface area contributed by atoms with Crippen molar-refractivity contribution < 1.29 is 5.11 Å². The number of benzene rings is 1. The van der Waals surface area contributed by atoms with Crippen molar-refractivity contribution in [3.8, 4) is 0 Å². The summed E-state index contributed by atoms with van der Waals surface area (Å²) in [5.74, 6) is 0. The van der Waals surface area contributed by atoms with Gasteiger partial charge in [-0.2, -0.15) is 0 Å². The van der Waals surface area contributed by atoms with Gasteiger partial charge in [0.2, 0.25) is 0 Å². The SMILES string of the molecule is CC/C(=C(\Br)CO)c1ccccc1. The first-order valence-corrected chi connectivity index (χ1v) is 5.12. The molecule has 0 bridgehead atoms. The van der Waals surface area contributed by atoms with E-state index in [1.54, 1.807) is 0 Å². The van der Waals surface area contributed by atoms with Crippen LogP contribution in [0.1, 0.15) is 18.9 Å². The van der Waals surface area contributed by atoms with Crippen LogP contribution in [-0.4, -0.2) is 11.7 Å². The minimum Gasteiger partial charge on any atom is -0.391 e. The average Bonchev–Trinajstić information content (AvgIpc) is 2.20. The van der Waals surface area contributed by atoms with Crippen molar-refractivity contribution >= 4 is 21.5 Å². The van der Waals surface area contributed by atoms with Gasteiger partial charge in [0.25, 0.3) is 0 Å². The second-order valence-electron chi connectivity index (χ2n) is 2.76. The molecule has 0 aliphatic rings. The van der Waals surface area contributed by atoms with Crippen LogP contribution in [0.5, 0.6) is 0 Å². The van der Waals surface area contributed by atoms with Gasteiger partial charge in [0.1, 0.15) is 0 Å². The van der Waals surface area contributed by atoms with Crippen molar-refractivity contribution in [3.05, 3.63) is 40.4 Å². The molecule has 0 saturated heterocycles. The predicted octanol–water partition coefficient (Wildman–Crippen LogP) is 3.19. The molecule has 0 atom stereocenters. The van der Waals surface area contributed by atoms with Gasteiger partial charge in [-0.15, -0.1) is 0 Å². The number of hydrogen-bond donors (Lipinski definition) is 1. The Morgan fingerprint density at radius 1 is 1.31 bits per heavy atom. The van der Waals surface area contributed by atoms with E-state index in [1.807, 2.05) is 18.2 Å². The van der Waals surface area contributed by atoms with Crippen molar-refractivity contribution in [2.75, 3.05) is 6.61 Å². The number of aliphatic hydroxyl groups excluding tert-OH is 1. The summed E-state index contributed by atoms with van der Waals surface area (Å²) < 4.78 is 0.876. The van der Waals surface area contributed by atoms with Crippen LogP contribution in [0.2, 0.25) is 0 Å². The van der Waals surface area contributed by atoms with Gasteiger partial charge in [0, 0.05) is 4.48 Å². The fraction of sp³-hybridized carbons (Fsp3) is 0.273. The van der Waals surface area contributed by atoms with Gasteiger partial charge in [0.05, 0.1) is 6.61 Å². The van der Waals surface area contributed by atoms with Crippen molar-refractivity contribution in [2.24, 2.45) is 0 Å². The number of hydrogen-bond acceptors (Lipinski definition) is 1. The van der Waals surface area contributed by atoms with Gasteiger partial charge in [-0.25, -0.2) is 0 Å². The maximum Gasteiger partial charge on any atom is 0.0749 e. The molecule has 0 amide bonds. The van der Waals surface area contributed by atoms with E-state index in [0.29, 0.717) is 0 Å². The molecule has 0 aliphatic heterocycles. The summed E-state index contributed by atoms with van der Waals surface area (Å²) in [6, 6.07) is 10.1. The zero-order valence-electron chi connectivity index (χ0n) is 7.63. The first-order chi connectivity index (χ1) is 6.29. The topological polar surface area (TPSA) is 20.2 Å². The summed E-state index contributed by atoms with van der Waals surface area (Å²) in [6.45, 7) is 2.15. The molecule has 0 fully saturated rings. The Morgan fingerprint density at radius 3 is 2.38 bits per heavy atom. The lowest BCUT2D eigenvalue weighted by Crippen LogP contribution is -1.89. The quantitative estimate of drug-likeness (QED) is 0.861. The van der Waals surface area contributed by atoms with Crippen LogP contribution in [0.25, 0.3) is 5.57 Å². The minimum atomic E-state index is 0.0675. The highest BCUT2D eigenvalue weighted by atomic mass is 79.9. The molecule has 13 heavy (non-hydrogen) atoms. The third-order valence-electron chi connectivity index (χ3n) is 1.94. The molecule has 1 rings (SSSR count). The van der Waals surface area contributed by atoms with Crippen molar-refractivity contribution in [2.45, 2.75) is 13.3 Å². The lowest BCUT2D eigenvalue weighted by Gasteiger charge is -2.06. The maximum atomic E-state index is 8.99. The van der Waals surface area contributed by atoms with E-state index < -0.39 is 0 Å². The molecular weight excluding hydrogens is 228 g/mol. The summed E-state index contributed by atoms with van der Waals surface area (Å²) in [5, 5.41) is 8.99. The fourth-order valence-corrected chi connectivity index (χ4v) is 1.80. The number of aliphatic hydroxyl groups is 1. The van der Waals surface area contributed by atoms with Crippen LogP contribution < -0.4 is 0 Å². The number of allylic oxidation sites excluding steroid dienone is 1. The smallest absolute Gasteiger partial charge is 0.0749 e. The third kappa shape index (κ3) is 2.68. The lowest BCUT2D eigenvalue weighted by atomic mass is 10.0. The van der Waals surface area contributed by atoms with E-state index in [1.165, 1.54) is 11.1 Å². The summed E-state index contributed by atoms with van der Waals surface area (Å²) in [6.07, 6.45) is 0.922. The Bertz CT molecular complexity index is 290. The normalized spacial score (nSPS) is 12.5. The largest absolute Gasteiger partial charge is 0.391 e. The Hall–Kier alpha value is -0.600. The van der Waals surface area contributed by atoms with Crippen LogP contribution in [0.15, 0.2) is 34.8 Å². The third-order valence-corrected chi connectivity index (χ3v) is 2.67. The van der Waals surface area contributed by atoms with Gasteiger partial charge < -0.3 is 5.11 Å². The standard InChI is InChI=1S/C11H13BrO/c1-2-10(11(12)8-13)9-6-4-3-5-7-9/h3-7,13H,2,8H2,1H3/b11-10+. The maximum absolute atomic E-state index is 8.99.